The molecule has 0 fully saturated rings. The van der Waals surface area contributed by atoms with Crippen LogP contribution in [0, 0.1) is 0 Å². The van der Waals surface area contributed by atoms with Gasteiger partial charge in [0.15, 0.2) is 0 Å². The third-order valence-corrected chi connectivity index (χ3v) is 4.06. The minimum Gasteiger partial charge on any atom is -0.309 e. The SMILES string of the molecule is Clc1ccc(CNC2CCc3n[nH]nc3C2)c(Cl)c1. The monoisotopic (exact) mass is 296 g/mol. The Labute approximate surface area is 121 Å². The Kier molecular flexibility index (Phi) is 3.73. The number of aromatic nitrogens is 3. The lowest BCUT2D eigenvalue weighted by molar-refractivity contribution is 0.451. The highest BCUT2D eigenvalue weighted by atomic mass is 35.5. The van der Waals surface area contributed by atoms with Gasteiger partial charge in [-0.05, 0) is 30.5 Å². The first-order chi connectivity index (χ1) is 9.22. The van der Waals surface area contributed by atoms with Crippen LogP contribution in [0.4, 0.5) is 0 Å². The predicted molar refractivity (Wildman–Crippen MR) is 75.5 cm³/mol. The highest BCUT2D eigenvalue weighted by molar-refractivity contribution is 6.35. The first kappa shape index (κ1) is 12.9. The van der Waals surface area contributed by atoms with E-state index in [0.717, 1.165) is 42.8 Å². The fraction of sp³-hybridized carbons (Fsp3) is 0.385. The number of nitrogens with zero attached hydrogens (tertiary/aromatic N) is 2. The number of hydrogen-bond donors (Lipinski definition) is 2. The molecule has 1 heterocycles. The molecule has 2 N–H and O–H groups in total. The summed E-state index contributed by atoms with van der Waals surface area (Å²) in [5.41, 5.74) is 3.24. The van der Waals surface area contributed by atoms with Gasteiger partial charge in [0.1, 0.15) is 0 Å². The Balaban J connectivity index is 1.61. The molecular weight excluding hydrogens is 283 g/mol. The van der Waals surface area contributed by atoms with E-state index in [2.05, 4.69) is 20.7 Å². The number of fused-ring (bicyclic) bond motifs is 1. The van der Waals surface area contributed by atoms with E-state index in [4.69, 9.17) is 23.2 Å². The molecule has 1 aromatic heterocycles. The number of H-pyrrole nitrogens is 1. The summed E-state index contributed by atoms with van der Waals surface area (Å²) in [7, 11) is 0. The van der Waals surface area contributed by atoms with Gasteiger partial charge in [0, 0.05) is 29.1 Å². The standard InChI is InChI=1S/C13H14Cl2N4/c14-9-2-1-8(11(15)5-9)7-16-10-3-4-12-13(6-10)18-19-17-12/h1-2,5,10,16H,3-4,6-7H2,(H,17,18,19). The Morgan fingerprint density at radius 2 is 2.11 bits per heavy atom. The largest absolute Gasteiger partial charge is 0.309 e. The molecule has 100 valence electrons. The van der Waals surface area contributed by atoms with Crippen molar-refractivity contribution in [1.29, 1.82) is 0 Å². The van der Waals surface area contributed by atoms with Gasteiger partial charge in [-0.2, -0.15) is 15.4 Å². The van der Waals surface area contributed by atoms with Gasteiger partial charge in [-0.1, -0.05) is 29.3 Å². The van der Waals surface area contributed by atoms with Crippen molar-refractivity contribution in [1.82, 2.24) is 20.7 Å². The maximum Gasteiger partial charge on any atom is 0.0872 e. The van der Waals surface area contributed by atoms with Crippen molar-refractivity contribution in [2.75, 3.05) is 0 Å². The first-order valence-electron chi connectivity index (χ1n) is 6.28. The Morgan fingerprint density at radius 1 is 1.26 bits per heavy atom. The van der Waals surface area contributed by atoms with E-state index in [9.17, 15) is 0 Å². The minimum atomic E-state index is 0.421. The van der Waals surface area contributed by atoms with E-state index in [0.29, 0.717) is 16.1 Å². The molecular formula is C13H14Cl2N4. The summed E-state index contributed by atoms with van der Waals surface area (Å²) in [5, 5.41) is 15.9. The normalized spacial score (nSPS) is 18.3. The van der Waals surface area contributed by atoms with Gasteiger partial charge in [0.25, 0.3) is 0 Å². The molecule has 1 unspecified atom stereocenters. The van der Waals surface area contributed by atoms with Crippen molar-refractivity contribution in [2.45, 2.75) is 31.8 Å². The summed E-state index contributed by atoms with van der Waals surface area (Å²) in [6.45, 7) is 0.744. The summed E-state index contributed by atoms with van der Waals surface area (Å²) in [5.74, 6) is 0. The fourth-order valence-electron chi connectivity index (χ4n) is 2.38. The number of aryl methyl sites for hydroxylation is 1. The molecule has 0 spiro atoms. The molecule has 0 saturated carbocycles. The summed E-state index contributed by atoms with van der Waals surface area (Å²) in [4.78, 5) is 0. The topological polar surface area (TPSA) is 53.6 Å². The van der Waals surface area contributed by atoms with E-state index in [-0.39, 0.29) is 0 Å². The summed E-state index contributed by atoms with van der Waals surface area (Å²) in [6.07, 6.45) is 2.96. The third-order valence-electron chi connectivity index (χ3n) is 3.47. The maximum atomic E-state index is 6.16. The Morgan fingerprint density at radius 3 is 2.95 bits per heavy atom. The average Bonchev–Trinajstić information content (AvgIpc) is 2.85. The highest BCUT2D eigenvalue weighted by Gasteiger charge is 2.21. The number of hydrogen-bond acceptors (Lipinski definition) is 3. The van der Waals surface area contributed by atoms with Crippen LogP contribution in [0.2, 0.25) is 10.0 Å². The zero-order valence-electron chi connectivity index (χ0n) is 10.3. The van der Waals surface area contributed by atoms with Crippen molar-refractivity contribution in [3.8, 4) is 0 Å². The number of nitrogens with one attached hydrogen (secondary N) is 2. The van der Waals surface area contributed by atoms with Crippen LogP contribution in [0.3, 0.4) is 0 Å². The zero-order chi connectivity index (χ0) is 13.2. The van der Waals surface area contributed by atoms with Crippen LogP contribution in [-0.2, 0) is 19.4 Å². The van der Waals surface area contributed by atoms with Crippen LogP contribution in [0.15, 0.2) is 18.2 Å². The lowest BCUT2D eigenvalue weighted by Gasteiger charge is -2.22. The van der Waals surface area contributed by atoms with Crippen LogP contribution in [-0.4, -0.2) is 21.5 Å². The van der Waals surface area contributed by atoms with Gasteiger partial charge in [0.05, 0.1) is 11.4 Å². The van der Waals surface area contributed by atoms with Crippen molar-refractivity contribution < 1.29 is 0 Å². The molecule has 3 rings (SSSR count). The molecule has 1 aromatic carbocycles. The fourth-order valence-corrected chi connectivity index (χ4v) is 2.85. The van der Waals surface area contributed by atoms with Crippen LogP contribution in [0.1, 0.15) is 23.4 Å². The second-order valence-electron chi connectivity index (χ2n) is 4.77. The first-order valence-corrected chi connectivity index (χ1v) is 7.04. The predicted octanol–water partition coefficient (Wildman–Crippen LogP) is 2.76. The minimum absolute atomic E-state index is 0.421. The summed E-state index contributed by atoms with van der Waals surface area (Å²) >= 11 is 12.0. The molecule has 0 radical (unpaired) electrons. The molecule has 1 aliphatic carbocycles. The van der Waals surface area contributed by atoms with E-state index >= 15 is 0 Å². The number of aromatic amines is 1. The molecule has 1 atom stereocenters. The Hall–Kier alpha value is -1.10. The van der Waals surface area contributed by atoms with E-state index in [1.165, 1.54) is 0 Å². The van der Waals surface area contributed by atoms with Gasteiger partial charge in [-0.3, -0.25) is 0 Å². The van der Waals surface area contributed by atoms with Gasteiger partial charge >= 0.3 is 0 Å². The van der Waals surface area contributed by atoms with Crippen LogP contribution in [0.25, 0.3) is 0 Å². The molecule has 2 aromatic rings. The molecule has 1 aliphatic rings. The van der Waals surface area contributed by atoms with Gasteiger partial charge in [0.2, 0.25) is 0 Å². The summed E-state index contributed by atoms with van der Waals surface area (Å²) in [6, 6.07) is 6.02. The van der Waals surface area contributed by atoms with E-state index < -0.39 is 0 Å². The second-order valence-corrected chi connectivity index (χ2v) is 5.62. The molecule has 0 aliphatic heterocycles. The number of benzene rings is 1. The van der Waals surface area contributed by atoms with E-state index in [1.54, 1.807) is 6.07 Å². The number of rotatable bonds is 3. The van der Waals surface area contributed by atoms with Gasteiger partial charge in [-0.15, -0.1) is 0 Å². The van der Waals surface area contributed by atoms with Crippen LogP contribution in [0.5, 0.6) is 0 Å². The quantitative estimate of drug-likeness (QED) is 0.916. The zero-order valence-corrected chi connectivity index (χ0v) is 11.8. The maximum absolute atomic E-state index is 6.16. The summed E-state index contributed by atoms with van der Waals surface area (Å²) < 4.78 is 0. The lowest BCUT2D eigenvalue weighted by atomic mass is 9.96. The Bertz CT molecular complexity index is 582. The average molecular weight is 297 g/mol. The smallest absolute Gasteiger partial charge is 0.0872 e. The van der Waals surface area contributed by atoms with Crippen LogP contribution < -0.4 is 5.32 Å². The molecule has 0 bridgehead atoms. The molecule has 6 heteroatoms. The third kappa shape index (κ3) is 2.91. The second kappa shape index (κ2) is 5.49. The van der Waals surface area contributed by atoms with Crippen molar-refractivity contribution in [3.05, 3.63) is 45.2 Å². The molecule has 0 saturated heterocycles. The molecule has 4 nitrogen and oxygen atoms in total. The number of halogens is 2. The van der Waals surface area contributed by atoms with Gasteiger partial charge in [-0.25, -0.2) is 0 Å². The highest BCUT2D eigenvalue weighted by Crippen LogP contribution is 2.22. The van der Waals surface area contributed by atoms with Crippen molar-refractivity contribution in [3.63, 3.8) is 0 Å². The van der Waals surface area contributed by atoms with Gasteiger partial charge < -0.3 is 5.32 Å². The molecule has 0 amide bonds. The van der Waals surface area contributed by atoms with Crippen molar-refractivity contribution >= 4 is 23.2 Å². The molecule has 19 heavy (non-hydrogen) atoms. The van der Waals surface area contributed by atoms with Crippen LogP contribution >= 0.6 is 23.2 Å². The van der Waals surface area contributed by atoms with Crippen molar-refractivity contribution in [2.24, 2.45) is 0 Å². The lowest BCUT2D eigenvalue weighted by Crippen LogP contribution is -2.34. The van der Waals surface area contributed by atoms with E-state index in [1.807, 2.05) is 12.1 Å².